The number of fused-ring (bicyclic) bond motifs is 12. The zero-order chi connectivity index (χ0) is 31.8. The topological polar surface area (TPSA) is 69.6 Å². The van der Waals surface area contributed by atoms with Crippen molar-refractivity contribution in [2.75, 3.05) is 0 Å². The minimum absolute atomic E-state index is 0. The molecule has 0 aliphatic carbocycles. The summed E-state index contributed by atoms with van der Waals surface area (Å²) in [6.07, 6.45) is 11.2. The normalized spacial score (nSPS) is 12.0. The second-order valence-electron chi connectivity index (χ2n) is 12.6. The Hall–Kier alpha value is -5.13. The van der Waals surface area contributed by atoms with Crippen LogP contribution in [0.2, 0.25) is 0 Å². The molecular formula is C40H30N6OPt. The smallest absolute Gasteiger partial charge is 0.497 e. The molecule has 0 bridgehead atoms. The molecule has 0 saturated carbocycles. The molecule has 0 spiro atoms. The molecule has 0 saturated heterocycles. The van der Waals surface area contributed by atoms with Gasteiger partial charge in [-0.25, -0.2) is 4.98 Å². The maximum absolute atomic E-state index is 6.40. The van der Waals surface area contributed by atoms with Crippen LogP contribution in [0.5, 0.6) is 11.5 Å². The second-order valence-corrected chi connectivity index (χ2v) is 12.6. The van der Waals surface area contributed by atoms with E-state index in [4.69, 9.17) is 14.7 Å². The monoisotopic (exact) mass is 805 g/mol. The number of ether oxygens (including phenoxy) is 1. The predicted octanol–water partition coefficient (Wildman–Crippen LogP) is 9.69. The molecule has 6 heterocycles. The summed E-state index contributed by atoms with van der Waals surface area (Å²) in [6, 6.07) is 28.0. The third-order valence-corrected chi connectivity index (χ3v) is 9.16. The van der Waals surface area contributed by atoms with Crippen molar-refractivity contribution in [3.05, 3.63) is 121 Å². The van der Waals surface area contributed by atoms with Gasteiger partial charge in [-0.15, -0.1) is 12.1 Å². The molecule has 7 nitrogen and oxygen atoms in total. The van der Waals surface area contributed by atoms with Crippen LogP contribution in [-0.4, -0.2) is 28.7 Å². The average Bonchev–Trinajstić information content (AvgIpc) is 3.79. The van der Waals surface area contributed by atoms with Gasteiger partial charge in [-0.05, 0) is 45.9 Å². The Kier molecular flexibility index (Phi) is 7.26. The molecule has 0 aliphatic heterocycles. The van der Waals surface area contributed by atoms with Crippen molar-refractivity contribution in [3.63, 3.8) is 0 Å². The zero-order valence-electron chi connectivity index (χ0n) is 26.8. The van der Waals surface area contributed by atoms with Gasteiger partial charge in [0.25, 0.3) is 0 Å². The Bertz CT molecular complexity index is 2660. The SMILES string of the molecule is CC(C)c1cccc(C(C)C)c1-c1ccc2c3ccc(Oc4[c-]c5c(cc4)c4cnccc4n4ccnc54)[c-]c3c3nccn3c2n1.[Pt+2]. The maximum atomic E-state index is 6.40. The Morgan fingerprint density at radius 1 is 0.625 bits per heavy atom. The summed E-state index contributed by atoms with van der Waals surface area (Å²) in [7, 11) is 0. The van der Waals surface area contributed by atoms with Crippen molar-refractivity contribution in [2.45, 2.75) is 39.5 Å². The Balaban J connectivity index is 0.00000336. The number of imidazole rings is 2. The van der Waals surface area contributed by atoms with Crippen LogP contribution in [0.25, 0.3) is 66.0 Å². The van der Waals surface area contributed by atoms with E-state index in [1.54, 1.807) is 12.4 Å². The first-order chi connectivity index (χ1) is 23.0. The van der Waals surface area contributed by atoms with Crippen molar-refractivity contribution in [1.29, 1.82) is 0 Å². The van der Waals surface area contributed by atoms with Gasteiger partial charge in [-0.2, -0.15) is 0 Å². The van der Waals surface area contributed by atoms with Crippen LogP contribution < -0.4 is 4.74 Å². The first-order valence-corrected chi connectivity index (χ1v) is 15.9. The fourth-order valence-corrected chi connectivity index (χ4v) is 6.96. The molecule has 0 aliphatic rings. The number of aromatic nitrogens is 6. The first kappa shape index (κ1) is 30.2. The van der Waals surface area contributed by atoms with E-state index in [2.05, 4.69) is 95.0 Å². The predicted molar refractivity (Wildman–Crippen MR) is 187 cm³/mol. The zero-order valence-corrected chi connectivity index (χ0v) is 29.1. The summed E-state index contributed by atoms with van der Waals surface area (Å²) in [4.78, 5) is 19.0. The third-order valence-electron chi connectivity index (χ3n) is 9.16. The molecule has 236 valence electrons. The fraction of sp³-hybridized carbons (Fsp3) is 0.150. The number of nitrogens with zero attached hydrogens (tertiary/aromatic N) is 6. The Labute approximate surface area is 291 Å². The van der Waals surface area contributed by atoms with Gasteiger partial charge >= 0.3 is 21.1 Å². The Morgan fingerprint density at radius 2 is 1.23 bits per heavy atom. The number of hydrogen-bond acceptors (Lipinski definition) is 5. The second kappa shape index (κ2) is 11.5. The molecule has 9 aromatic rings. The molecule has 0 amide bonds. The summed E-state index contributed by atoms with van der Waals surface area (Å²) >= 11 is 0. The van der Waals surface area contributed by atoms with Crippen molar-refractivity contribution in [2.24, 2.45) is 0 Å². The van der Waals surface area contributed by atoms with Crippen molar-refractivity contribution < 1.29 is 25.8 Å². The van der Waals surface area contributed by atoms with Gasteiger partial charge in [0, 0.05) is 59.8 Å². The van der Waals surface area contributed by atoms with Crippen LogP contribution in [0, 0.1) is 12.1 Å². The summed E-state index contributed by atoms with van der Waals surface area (Å²) in [6.45, 7) is 8.98. The number of benzene rings is 3. The van der Waals surface area contributed by atoms with E-state index < -0.39 is 0 Å². The van der Waals surface area contributed by atoms with E-state index in [-0.39, 0.29) is 21.1 Å². The average molecular weight is 806 g/mol. The molecule has 6 aromatic heterocycles. The van der Waals surface area contributed by atoms with Crippen LogP contribution in [0.3, 0.4) is 0 Å². The van der Waals surface area contributed by atoms with Gasteiger partial charge in [0.15, 0.2) is 0 Å². The van der Waals surface area contributed by atoms with Gasteiger partial charge in [-0.3, -0.25) is 15.0 Å². The molecule has 8 heteroatoms. The van der Waals surface area contributed by atoms with Gasteiger partial charge < -0.3 is 13.5 Å². The third kappa shape index (κ3) is 4.60. The van der Waals surface area contributed by atoms with E-state index >= 15 is 0 Å². The molecule has 0 N–H and O–H groups in total. The molecule has 0 radical (unpaired) electrons. The minimum Gasteiger partial charge on any atom is -0.497 e. The summed E-state index contributed by atoms with van der Waals surface area (Å²) in [5.74, 6) is 1.91. The van der Waals surface area contributed by atoms with E-state index in [0.717, 1.165) is 60.5 Å². The van der Waals surface area contributed by atoms with Crippen molar-refractivity contribution >= 4 is 54.8 Å². The summed E-state index contributed by atoms with van der Waals surface area (Å²) < 4.78 is 10.5. The number of pyridine rings is 4. The van der Waals surface area contributed by atoms with Crippen LogP contribution in [0.15, 0.2) is 97.8 Å². The van der Waals surface area contributed by atoms with Gasteiger partial charge in [0.2, 0.25) is 0 Å². The standard InChI is InChI=1S/C40H30N6O.Pt/c1-23(2)27-6-5-7-28(24(3)4)37(27)35-13-12-31-29-10-8-25(20-32(29)39-43-17-19-46(39)40(31)44-35)47-26-9-11-30-33(21-26)38-42-16-18-45(38)36-14-15-41-22-34(30)36;/h5-19,22-24H,1-4H3;/q-2;+2. The van der Waals surface area contributed by atoms with Crippen LogP contribution in [-0.2, 0) is 21.1 Å². The fourth-order valence-electron chi connectivity index (χ4n) is 6.96. The summed E-state index contributed by atoms with van der Waals surface area (Å²) in [5.41, 5.74) is 8.34. The first-order valence-electron chi connectivity index (χ1n) is 15.9. The summed E-state index contributed by atoms with van der Waals surface area (Å²) in [5, 5.41) is 5.85. The molecule has 0 unspecified atom stereocenters. The quantitative estimate of drug-likeness (QED) is 0.128. The minimum atomic E-state index is 0. The van der Waals surface area contributed by atoms with Crippen LogP contribution in [0.1, 0.15) is 50.7 Å². The van der Waals surface area contributed by atoms with Crippen LogP contribution >= 0.6 is 0 Å². The number of hydrogen-bond donors (Lipinski definition) is 0. The van der Waals surface area contributed by atoms with E-state index in [1.807, 2.05) is 49.1 Å². The maximum Gasteiger partial charge on any atom is 2.00 e. The largest absolute Gasteiger partial charge is 2.00 e. The van der Waals surface area contributed by atoms with E-state index in [0.29, 0.717) is 23.3 Å². The molecule has 48 heavy (non-hydrogen) atoms. The van der Waals surface area contributed by atoms with Crippen molar-refractivity contribution in [3.8, 4) is 22.8 Å². The molecule has 0 atom stereocenters. The Morgan fingerprint density at radius 3 is 1.90 bits per heavy atom. The van der Waals surface area contributed by atoms with E-state index in [9.17, 15) is 0 Å². The van der Waals surface area contributed by atoms with E-state index in [1.165, 1.54) is 16.7 Å². The molecule has 9 rings (SSSR count). The molecule has 3 aromatic carbocycles. The van der Waals surface area contributed by atoms with Gasteiger partial charge in [-0.1, -0.05) is 97.8 Å². The number of rotatable bonds is 5. The van der Waals surface area contributed by atoms with Crippen LogP contribution in [0.4, 0.5) is 0 Å². The van der Waals surface area contributed by atoms with Gasteiger partial charge in [0.1, 0.15) is 5.65 Å². The van der Waals surface area contributed by atoms with Crippen molar-refractivity contribution in [1.82, 2.24) is 28.7 Å². The van der Waals surface area contributed by atoms with Gasteiger partial charge in [0.05, 0.1) is 17.0 Å². The molecule has 0 fully saturated rings. The molecular weight excluding hydrogens is 776 g/mol.